The molecule has 1 aliphatic heterocycles. The highest BCUT2D eigenvalue weighted by Crippen LogP contribution is 2.28. The van der Waals surface area contributed by atoms with Crippen molar-refractivity contribution in [2.75, 3.05) is 25.1 Å². The SMILES string of the molecule is CCCNc1ccc([N+](=O)[O-])c(OC2CCOCC2)n1. The van der Waals surface area contributed by atoms with Gasteiger partial charge >= 0.3 is 5.69 Å². The van der Waals surface area contributed by atoms with Gasteiger partial charge in [0.05, 0.1) is 18.1 Å². The number of anilines is 1. The molecule has 0 spiro atoms. The molecule has 0 bridgehead atoms. The lowest BCUT2D eigenvalue weighted by molar-refractivity contribution is -0.386. The van der Waals surface area contributed by atoms with Crippen LogP contribution in [-0.2, 0) is 4.74 Å². The van der Waals surface area contributed by atoms with E-state index in [1.807, 2.05) is 6.92 Å². The topological polar surface area (TPSA) is 86.5 Å². The molecule has 7 heteroatoms. The maximum Gasteiger partial charge on any atom is 0.331 e. The minimum Gasteiger partial charge on any atom is -0.469 e. The van der Waals surface area contributed by atoms with Gasteiger partial charge in [-0.2, -0.15) is 4.98 Å². The van der Waals surface area contributed by atoms with Crippen LogP contribution in [0.15, 0.2) is 12.1 Å². The zero-order chi connectivity index (χ0) is 14.4. The summed E-state index contributed by atoms with van der Waals surface area (Å²) in [5, 5.41) is 14.1. The van der Waals surface area contributed by atoms with E-state index < -0.39 is 4.92 Å². The Morgan fingerprint density at radius 2 is 2.25 bits per heavy atom. The second-order valence-electron chi connectivity index (χ2n) is 4.63. The Bertz CT molecular complexity index is 461. The van der Waals surface area contributed by atoms with Crippen LogP contribution in [0.25, 0.3) is 0 Å². The van der Waals surface area contributed by atoms with Crippen molar-refractivity contribution < 1.29 is 14.4 Å². The molecular weight excluding hydrogens is 262 g/mol. The molecule has 1 aromatic rings. The summed E-state index contributed by atoms with van der Waals surface area (Å²) in [6.07, 6.45) is 2.34. The molecule has 1 saturated heterocycles. The third-order valence-electron chi connectivity index (χ3n) is 3.04. The fraction of sp³-hybridized carbons (Fsp3) is 0.615. The van der Waals surface area contributed by atoms with Crippen molar-refractivity contribution in [2.45, 2.75) is 32.3 Å². The number of nitro groups is 1. The molecule has 7 nitrogen and oxygen atoms in total. The zero-order valence-corrected chi connectivity index (χ0v) is 11.5. The van der Waals surface area contributed by atoms with Gasteiger partial charge in [-0.05, 0) is 12.5 Å². The lowest BCUT2D eigenvalue weighted by Crippen LogP contribution is -2.26. The second-order valence-corrected chi connectivity index (χ2v) is 4.63. The molecule has 0 aliphatic carbocycles. The van der Waals surface area contributed by atoms with Crippen LogP contribution >= 0.6 is 0 Å². The Morgan fingerprint density at radius 3 is 2.90 bits per heavy atom. The number of ether oxygens (including phenoxy) is 2. The summed E-state index contributed by atoms with van der Waals surface area (Å²) in [5.74, 6) is 0.683. The fourth-order valence-electron chi connectivity index (χ4n) is 1.96. The van der Waals surface area contributed by atoms with E-state index >= 15 is 0 Å². The lowest BCUT2D eigenvalue weighted by atomic mass is 10.1. The zero-order valence-electron chi connectivity index (χ0n) is 11.5. The van der Waals surface area contributed by atoms with Gasteiger partial charge < -0.3 is 14.8 Å². The Labute approximate surface area is 117 Å². The predicted molar refractivity (Wildman–Crippen MR) is 74.1 cm³/mol. The third-order valence-corrected chi connectivity index (χ3v) is 3.04. The van der Waals surface area contributed by atoms with Crippen LogP contribution in [0.5, 0.6) is 5.88 Å². The average molecular weight is 281 g/mol. The Morgan fingerprint density at radius 1 is 1.50 bits per heavy atom. The van der Waals surface area contributed by atoms with E-state index in [4.69, 9.17) is 9.47 Å². The average Bonchev–Trinajstić information content (AvgIpc) is 2.46. The van der Waals surface area contributed by atoms with Gasteiger partial charge in [0.15, 0.2) is 0 Å². The number of aromatic nitrogens is 1. The molecule has 2 heterocycles. The van der Waals surface area contributed by atoms with Crippen molar-refractivity contribution >= 4 is 11.5 Å². The number of nitrogens with zero attached hydrogens (tertiary/aromatic N) is 2. The van der Waals surface area contributed by atoms with E-state index in [1.165, 1.54) is 6.07 Å². The molecule has 1 aliphatic rings. The first-order valence-corrected chi connectivity index (χ1v) is 6.84. The molecular formula is C13H19N3O4. The highest BCUT2D eigenvalue weighted by atomic mass is 16.6. The summed E-state index contributed by atoms with van der Waals surface area (Å²) in [5.41, 5.74) is -0.0986. The molecule has 0 saturated carbocycles. The summed E-state index contributed by atoms with van der Waals surface area (Å²) < 4.78 is 10.9. The Kier molecular flexibility index (Phi) is 5.11. The van der Waals surface area contributed by atoms with Crippen molar-refractivity contribution in [1.29, 1.82) is 0 Å². The van der Waals surface area contributed by atoms with Crippen LogP contribution in [0.3, 0.4) is 0 Å². The predicted octanol–water partition coefficient (Wildman–Crippen LogP) is 2.37. The number of nitrogens with one attached hydrogen (secondary N) is 1. The molecule has 0 atom stereocenters. The second kappa shape index (κ2) is 7.04. The highest BCUT2D eigenvalue weighted by Gasteiger charge is 2.23. The molecule has 0 aromatic carbocycles. The van der Waals surface area contributed by atoms with Gasteiger partial charge in [-0.25, -0.2) is 0 Å². The van der Waals surface area contributed by atoms with E-state index in [0.717, 1.165) is 25.8 Å². The smallest absolute Gasteiger partial charge is 0.331 e. The van der Waals surface area contributed by atoms with Gasteiger partial charge in [0.2, 0.25) is 0 Å². The van der Waals surface area contributed by atoms with Crippen LogP contribution in [0.1, 0.15) is 26.2 Å². The largest absolute Gasteiger partial charge is 0.469 e. The minimum atomic E-state index is -0.467. The standard InChI is InChI=1S/C13H19N3O4/c1-2-7-14-12-4-3-11(16(17)18)13(15-12)20-10-5-8-19-9-6-10/h3-4,10H,2,5-9H2,1H3,(H,14,15). The highest BCUT2D eigenvalue weighted by molar-refractivity contribution is 5.49. The molecule has 20 heavy (non-hydrogen) atoms. The molecule has 110 valence electrons. The van der Waals surface area contributed by atoms with E-state index in [9.17, 15) is 10.1 Å². The molecule has 0 radical (unpaired) electrons. The summed E-state index contributed by atoms with van der Waals surface area (Å²) in [7, 11) is 0. The number of rotatable bonds is 6. The number of hydrogen-bond donors (Lipinski definition) is 1. The lowest BCUT2D eigenvalue weighted by Gasteiger charge is -2.22. The van der Waals surface area contributed by atoms with E-state index in [2.05, 4.69) is 10.3 Å². The van der Waals surface area contributed by atoms with Crippen molar-refractivity contribution in [2.24, 2.45) is 0 Å². The van der Waals surface area contributed by atoms with Crippen LogP contribution in [-0.4, -0.2) is 35.8 Å². The van der Waals surface area contributed by atoms with Gasteiger partial charge in [0.1, 0.15) is 11.9 Å². The van der Waals surface area contributed by atoms with Crippen molar-refractivity contribution in [3.63, 3.8) is 0 Å². The van der Waals surface area contributed by atoms with Crippen molar-refractivity contribution in [1.82, 2.24) is 4.98 Å². The molecule has 0 unspecified atom stereocenters. The number of pyridine rings is 1. The molecule has 1 fully saturated rings. The van der Waals surface area contributed by atoms with Crippen LogP contribution < -0.4 is 10.1 Å². The van der Waals surface area contributed by atoms with E-state index in [1.54, 1.807) is 6.07 Å². The summed E-state index contributed by atoms with van der Waals surface area (Å²) in [6, 6.07) is 3.03. The van der Waals surface area contributed by atoms with Gasteiger partial charge in [-0.15, -0.1) is 0 Å². The fourth-order valence-corrected chi connectivity index (χ4v) is 1.96. The van der Waals surface area contributed by atoms with E-state index in [-0.39, 0.29) is 17.7 Å². The quantitative estimate of drug-likeness (QED) is 0.636. The van der Waals surface area contributed by atoms with Crippen molar-refractivity contribution in [3.05, 3.63) is 22.2 Å². The maximum absolute atomic E-state index is 11.0. The maximum atomic E-state index is 11.0. The summed E-state index contributed by atoms with van der Waals surface area (Å²) >= 11 is 0. The summed E-state index contributed by atoms with van der Waals surface area (Å²) in [4.78, 5) is 14.8. The number of hydrogen-bond acceptors (Lipinski definition) is 6. The van der Waals surface area contributed by atoms with Crippen LogP contribution in [0.2, 0.25) is 0 Å². The molecule has 1 aromatic heterocycles. The summed E-state index contributed by atoms with van der Waals surface area (Å²) in [6.45, 7) is 4.04. The normalized spacial score (nSPS) is 15.8. The van der Waals surface area contributed by atoms with Gasteiger partial charge in [0.25, 0.3) is 5.88 Å². The minimum absolute atomic E-state index is 0.0728. The first-order chi connectivity index (χ1) is 9.70. The molecule has 2 rings (SSSR count). The molecule has 1 N–H and O–H groups in total. The molecule has 0 amide bonds. The Balaban J connectivity index is 2.14. The van der Waals surface area contributed by atoms with Gasteiger partial charge in [-0.1, -0.05) is 6.92 Å². The third kappa shape index (κ3) is 3.80. The van der Waals surface area contributed by atoms with Crippen molar-refractivity contribution in [3.8, 4) is 5.88 Å². The monoisotopic (exact) mass is 281 g/mol. The van der Waals surface area contributed by atoms with Gasteiger partial charge in [-0.3, -0.25) is 10.1 Å². The van der Waals surface area contributed by atoms with Crippen LogP contribution in [0.4, 0.5) is 11.5 Å². The van der Waals surface area contributed by atoms with Gasteiger partial charge in [0, 0.05) is 25.5 Å². The van der Waals surface area contributed by atoms with E-state index in [0.29, 0.717) is 19.0 Å². The first-order valence-electron chi connectivity index (χ1n) is 6.84. The first kappa shape index (κ1) is 14.5. The Hall–Kier alpha value is -1.89. The van der Waals surface area contributed by atoms with Crippen LogP contribution in [0, 0.1) is 10.1 Å².